The summed E-state index contributed by atoms with van der Waals surface area (Å²) in [7, 11) is 3.44. The third-order valence-electron chi connectivity index (χ3n) is 0.920. The highest BCUT2D eigenvalue weighted by Gasteiger charge is 1.92. The first-order valence-electron chi connectivity index (χ1n) is 2.37. The molecular formula is C6H3I2Si. The first kappa shape index (κ1) is 8.00. The molecule has 0 fully saturated rings. The molecule has 1 rings (SSSR count). The van der Waals surface area contributed by atoms with E-state index in [9.17, 15) is 0 Å². The molecular weight excluding hydrogens is 354 g/mol. The summed E-state index contributed by atoms with van der Waals surface area (Å²) in [6.45, 7) is 0. The monoisotopic (exact) mass is 357 g/mol. The average Bonchev–Trinajstić information content (AvgIpc) is 1.80. The van der Waals surface area contributed by atoms with Crippen molar-refractivity contribution in [1.82, 2.24) is 0 Å². The molecule has 0 N–H and O–H groups in total. The predicted octanol–water partition coefficient (Wildman–Crippen LogP) is 1.69. The number of hydrogen-bond acceptors (Lipinski definition) is 0. The van der Waals surface area contributed by atoms with Crippen molar-refractivity contribution in [3.63, 3.8) is 0 Å². The summed E-state index contributed by atoms with van der Waals surface area (Å²) in [4.78, 5) is 0. The molecule has 0 unspecified atom stereocenters. The standard InChI is InChI=1S/C6H3I2Si/c7-5-2-1-4(9)3-6(5)8/h1-3H. The Kier molecular flexibility index (Phi) is 2.96. The normalized spacial score (nSPS) is 9.67. The number of halogens is 2. The van der Waals surface area contributed by atoms with Crippen LogP contribution in [0.5, 0.6) is 0 Å². The van der Waals surface area contributed by atoms with E-state index in [1.54, 1.807) is 0 Å². The molecule has 0 aliphatic rings. The summed E-state index contributed by atoms with van der Waals surface area (Å²) in [6, 6.07) is 6.23. The van der Waals surface area contributed by atoms with E-state index >= 15 is 0 Å². The highest BCUT2D eigenvalue weighted by atomic mass is 127. The van der Waals surface area contributed by atoms with Crippen molar-refractivity contribution in [2.24, 2.45) is 0 Å². The van der Waals surface area contributed by atoms with Crippen LogP contribution in [0, 0.1) is 7.14 Å². The van der Waals surface area contributed by atoms with Crippen molar-refractivity contribution in [3.8, 4) is 0 Å². The van der Waals surface area contributed by atoms with E-state index in [1.807, 2.05) is 6.07 Å². The molecule has 1 aromatic rings. The van der Waals surface area contributed by atoms with Gasteiger partial charge in [-0.15, -0.1) is 0 Å². The van der Waals surface area contributed by atoms with Crippen LogP contribution in [0.25, 0.3) is 0 Å². The minimum absolute atomic E-state index is 1.14. The van der Waals surface area contributed by atoms with Crippen LogP contribution in [0.2, 0.25) is 0 Å². The van der Waals surface area contributed by atoms with Crippen LogP contribution < -0.4 is 5.19 Å². The third kappa shape index (κ3) is 2.19. The van der Waals surface area contributed by atoms with Crippen LogP contribution in [-0.4, -0.2) is 10.2 Å². The van der Waals surface area contributed by atoms with Crippen LogP contribution in [0.3, 0.4) is 0 Å². The second kappa shape index (κ2) is 3.34. The summed E-state index contributed by atoms with van der Waals surface area (Å²) in [5.74, 6) is 0. The third-order valence-corrected chi connectivity index (χ3v) is 4.10. The van der Waals surface area contributed by atoms with Crippen LogP contribution >= 0.6 is 45.2 Å². The van der Waals surface area contributed by atoms with E-state index in [2.05, 4.69) is 67.6 Å². The zero-order valence-electron chi connectivity index (χ0n) is 4.49. The van der Waals surface area contributed by atoms with Gasteiger partial charge in [-0.25, -0.2) is 0 Å². The summed E-state index contributed by atoms with van der Waals surface area (Å²) in [5.41, 5.74) is 0. The molecule has 0 heterocycles. The van der Waals surface area contributed by atoms with Gasteiger partial charge in [-0.3, -0.25) is 0 Å². The summed E-state index contributed by atoms with van der Waals surface area (Å²) < 4.78 is 2.59. The highest BCUT2D eigenvalue weighted by Crippen LogP contribution is 2.11. The molecule has 3 heteroatoms. The van der Waals surface area contributed by atoms with E-state index < -0.39 is 0 Å². The van der Waals surface area contributed by atoms with E-state index in [4.69, 9.17) is 0 Å². The molecule has 0 aromatic heterocycles. The smallest absolute Gasteiger partial charge is 0.0662 e. The Hall–Kier alpha value is 0.897. The second-order valence-corrected chi connectivity index (χ2v) is 4.53. The molecule has 9 heavy (non-hydrogen) atoms. The molecule has 0 nitrogen and oxygen atoms in total. The molecule has 1 aromatic carbocycles. The minimum atomic E-state index is 1.14. The van der Waals surface area contributed by atoms with Crippen molar-refractivity contribution in [1.29, 1.82) is 0 Å². The minimum Gasteiger partial charge on any atom is -0.0662 e. The van der Waals surface area contributed by atoms with Gasteiger partial charge in [-0.1, -0.05) is 11.3 Å². The van der Waals surface area contributed by atoms with Gasteiger partial charge in [0.05, 0.1) is 10.2 Å². The summed E-state index contributed by atoms with van der Waals surface area (Å²) in [5, 5.41) is 1.14. The lowest BCUT2D eigenvalue weighted by atomic mass is 10.4. The van der Waals surface area contributed by atoms with Gasteiger partial charge in [0, 0.05) is 7.14 Å². The lowest BCUT2D eigenvalue weighted by Crippen LogP contribution is -2.01. The largest absolute Gasteiger partial charge is 0.0712 e. The second-order valence-electron chi connectivity index (χ2n) is 1.63. The Morgan fingerprint density at radius 1 is 1.11 bits per heavy atom. The maximum absolute atomic E-state index is 3.44. The van der Waals surface area contributed by atoms with Crippen molar-refractivity contribution >= 4 is 60.6 Å². The molecule has 0 saturated carbocycles. The summed E-state index contributed by atoms with van der Waals surface area (Å²) in [6.07, 6.45) is 0. The first-order valence-corrected chi connectivity index (χ1v) is 5.02. The lowest BCUT2D eigenvalue weighted by Gasteiger charge is -1.95. The van der Waals surface area contributed by atoms with E-state index in [-0.39, 0.29) is 0 Å². The summed E-state index contributed by atoms with van der Waals surface area (Å²) >= 11 is 4.62. The maximum Gasteiger partial charge on any atom is 0.0712 e. The quantitative estimate of drug-likeness (QED) is 0.490. The molecule has 0 bridgehead atoms. The van der Waals surface area contributed by atoms with Gasteiger partial charge in [0.15, 0.2) is 0 Å². The van der Waals surface area contributed by atoms with Gasteiger partial charge in [0.2, 0.25) is 0 Å². The Labute approximate surface area is 85.1 Å². The van der Waals surface area contributed by atoms with Crippen LogP contribution in [-0.2, 0) is 0 Å². The predicted molar refractivity (Wildman–Crippen MR) is 57.3 cm³/mol. The van der Waals surface area contributed by atoms with Crippen LogP contribution in [0.15, 0.2) is 18.2 Å². The first-order chi connectivity index (χ1) is 4.20. The maximum atomic E-state index is 3.44. The van der Waals surface area contributed by atoms with Crippen molar-refractivity contribution in [2.45, 2.75) is 0 Å². The molecule has 0 aliphatic heterocycles. The van der Waals surface area contributed by atoms with Gasteiger partial charge in [0.25, 0.3) is 0 Å². The fourth-order valence-corrected chi connectivity index (χ4v) is 1.87. The van der Waals surface area contributed by atoms with Crippen molar-refractivity contribution in [2.75, 3.05) is 0 Å². The zero-order chi connectivity index (χ0) is 6.85. The van der Waals surface area contributed by atoms with Crippen LogP contribution in [0.4, 0.5) is 0 Å². The van der Waals surface area contributed by atoms with Crippen molar-refractivity contribution < 1.29 is 0 Å². The number of rotatable bonds is 0. The Morgan fingerprint density at radius 3 is 2.22 bits per heavy atom. The number of hydrogen-bond donors (Lipinski definition) is 0. The molecule has 0 saturated heterocycles. The van der Waals surface area contributed by atoms with Gasteiger partial charge in [-0.2, -0.15) is 0 Å². The van der Waals surface area contributed by atoms with Gasteiger partial charge in [-0.05, 0) is 57.3 Å². The van der Waals surface area contributed by atoms with Gasteiger partial charge in [0.1, 0.15) is 0 Å². The lowest BCUT2D eigenvalue weighted by molar-refractivity contribution is 1.62. The Balaban J connectivity index is 3.17. The van der Waals surface area contributed by atoms with Gasteiger partial charge >= 0.3 is 0 Å². The highest BCUT2D eigenvalue weighted by molar-refractivity contribution is 14.1. The topological polar surface area (TPSA) is 0 Å². The fourth-order valence-electron chi connectivity index (χ4n) is 0.496. The molecule has 0 amide bonds. The molecule has 0 atom stereocenters. The molecule has 0 aliphatic carbocycles. The van der Waals surface area contributed by atoms with Crippen LogP contribution in [0.1, 0.15) is 0 Å². The molecule has 45 valence electrons. The van der Waals surface area contributed by atoms with E-state index in [1.165, 1.54) is 7.14 Å². The zero-order valence-corrected chi connectivity index (χ0v) is 9.80. The molecule has 0 spiro atoms. The van der Waals surface area contributed by atoms with E-state index in [0.29, 0.717) is 0 Å². The van der Waals surface area contributed by atoms with Gasteiger partial charge < -0.3 is 0 Å². The SMILES string of the molecule is [Si]c1ccc(I)c(I)c1. The average molecular weight is 357 g/mol. The fraction of sp³-hybridized carbons (Fsp3) is 0. The number of benzene rings is 1. The Morgan fingerprint density at radius 2 is 1.78 bits per heavy atom. The van der Waals surface area contributed by atoms with E-state index in [0.717, 1.165) is 5.19 Å². The molecule has 3 radical (unpaired) electrons. The van der Waals surface area contributed by atoms with Crippen molar-refractivity contribution in [3.05, 3.63) is 25.3 Å². The Bertz CT molecular complexity index is 222.